The number of hydrogen-bond acceptors (Lipinski definition) is 2. The van der Waals surface area contributed by atoms with Crippen molar-refractivity contribution in [1.29, 1.82) is 0 Å². The van der Waals surface area contributed by atoms with Crippen molar-refractivity contribution < 1.29 is 4.79 Å². The lowest BCUT2D eigenvalue weighted by atomic mass is 9.85. The van der Waals surface area contributed by atoms with E-state index in [9.17, 15) is 4.79 Å². The highest BCUT2D eigenvalue weighted by molar-refractivity contribution is 7.10. The fourth-order valence-electron chi connectivity index (χ4n) is 3.00. The molecule has 2 aromatic carbocycles. The van der Waals surface area contributed by atoms with Gasteiger partial charge in [-0.15, -0.1) is 11.3 Å². The van der Waals surface area contributed by atoms with Crippen molar-refractivity contribution in [3.8, 4) is 0 Å². The molecule has 0 bridgehead atoms. The Morgan fingerprint density at radius 3 is 2.80 bits per heavy atom. The molecule has 0 saturated heterocycles. The molecule has 0 fully saturated rings. The van der Waals surface area contributed by atoms with Crippen LogP contribution in [0, 0.1) is 0 Å². The summed E-state index contributed by atoms with van der Waals surface area (Å²) in [5, 5.41) is 7.55. The highest BCUT2D eigenvalue weighted by Gasteiger charge is 2.28. The third-order valence-corrected chi connectivity index (χ3v) is 4.86. The molecule has 1 aliphatic heterocycles. The molecule has 0 saturated carbocycles. The van der Waals surface area contributed by atoms with Crippen LogP contribution in [-0.2, 0) is 4.79 Å². The maximum atomic E-state index is 12.0. The largest absolute Gasteiger partial charge is 0.326 e. The zero-order valence-electron chi connectivity index (χ0n) is 10.8. The van der Waals surface area contributed by atoms with Crippen molar-refractivity contribution in [1.82, 2.24) is 0 Å². The molecule has 0 spiro atoms. The van der Waals surface area contributed by atoms with Gasteiger partial charge in [0.25, 0.3) is 0 Å². The molecule has 1 atom stereocenters. The number of carbonyl (C=O) groups is 1. The molecule has 2 heterocycles. The van der Waals surface area contributed by atoms with Gasteiger partial charge in [0, 0.05) is 22.9 Å². The predicted octanol–water partition coefficient (Wildman–Crippen LogP) is 4.38. The molecule has 3 aromatic rings. The molecule has 0 radical (unpaired) electrons. The second-order valence-electron chi connectivity index (χ2n) is 5.07. The second kappa shape index (κ2) is 4.46. The van der Waals surface area contributed by atoms with E-state index in [4.69, 9.17) is 0 Å². The van der Waals surface area contributed by atoms with Gasteiger partial charge in [-0.05, 0) is 33.8 Å². The summed E-state index contributed by atoms with van der Waals surface area (Å²) in [5.41, 5.74) is 2.21. The average molecular weight is 279 g/mol. The van der Waals surface area contributed by atoms with E-state index in [1.54, 1.807) is 11.3 Å². The molecule has 1 N–H and O–H groups in total. The third-order valence-electron chi connectivity index (χ3n) is 3.87. The van der Waals surface area contributed by atoms with Gasteiger partial charge in [0.15, 0.2) is 0 Å². The predicted molar refractivity (Wildman–Crippen MR) is 83.4 cm³/mol. The average Bonchev–Trinajstić information content (AvgIpc) is 3.00. The zero-order valence-corrected chi connectivity index (χ0v) is 11.6. The van der Waals surface area contributed by atoms with E-state index in [1.807, 2.05) is 6.07 Å². The second-order valence-corrected chi connectivity index (χ2v) is 6.05. The molecule has 20 heavy (non-hydrogen) atoms. The van der Waals surface area contributed by atoms with E-state index in [2.05, 4.69) is 53.2 Å². The van der Waals surface area contributed by atoms with Gasteiger partial charge in [-0.2, -0.15) is 0 Å². The van der Waals surface area contributed by atoms with E-state index in [0.29, 0.717) is 6.42 Å². The number of hydrogen-bond donors (Lipinski definition) is 1. The van der Waals surface area contributed by atoms with Crippen LogP contribution < -0.4 is 5.32 Å². The Labute approximate surface area is 121 Å². The fraction of sp³-hybridized carbons (Fsp3) is 0.118. The normalized spacial score (nSPS) is 17.8. The number of nitrogens with one attached hydrogen (secondary N) is 1. The topological polar surface area (TPSA) is 29.1 Å². The van der Waals surface area contributed by atoms with Gasteiger partial charge in [-0.3, -0.25) is 4.79 Å². The van der Waals surface area contributed by atoms with Crippen molar-refractivity contribution in [2.24, 2.45) is 0 Å². The quantitative estimate of drug-likeness (QED) is 0.704. The van der Waals surface area contributed by atoms with Gasteiger partial charge in [-0.25, -0.2) is 0 Å². The number of anilines is 1. The molecule has 1 aromatic heterocycles. The van der Waals surface area contributed by atoms with Crippen molar-refractivity contribution in [3.63, 3.8) is 0 Å². The van der Waals surface area contributed by atoms with Crippen LogP contribution >= 0.6 is 11.3 Å². The SMILES string of the molecule is O=C1C[C@H](c2cccs2)c2c(ccc3ccccc23)N1. The first-order valence-electron chi connectivity index (χ1n) is 6.68. The summed E-state index contributed by atoms with van der Waals surface area (Å²) in [6, 6.07) is 16.7. The molecule has 1 amide bonds. The van der Waals surface area contributed by atoms with Crippen LogP contribution in [0.15, 0.2) is 53.9 Å². The standard InChI is InChI=1S/C17H13NOS/c19-16-10-13(15-6-3-9-20-15)17-12-5-2-1-4-11(12)7-8-14(17)18-16/h1-9,13H,10H2,(H,18,19)/t13-/m1/s1. The summed E-state index contributed by atoms with van der Waals surface area (Å²) < 4.78 is 0. The number of carbonyl (C=O) groups excluding carboxylic acids is 1. The van der Waals surface area contributed by atoms with E-state index >= 15 is 0 Å². The van der Waals surface area contributed by atoms with Crippen LogP contribution in [0.5, 0.6) is 0 Å². The first-order chi connectivity index (χ1) is 9.83. The number of benzene rings is 2. The maximum Gasteiger partial charge on any atom is 0.225 e. The Hall–Kier alpha value is -2.13. The van der Waals surface area contributed by atoms with E-state index < -0.39 is 0 Å². The van der Waals surface area contributed by atoms with Crippen molar-refractivity contribution in [3.05, 3.63) is 64.4 Å². The van der Waals surface area contributed by atoms with Gasteiger partial charge >= 0.3 is 0 Å². The Balaban J connectivity index is 2.02. The van der Waals surface area contributed by atoms with Gasteiger partial charge in [0.1, 0.15) is 0 Å². The van der Waals surface area contributed by atoms with Crippen LogP contribution in [-0.4, -0.2) is 5.91 Å². The van der Waals surface area contributed by atoms with Gasteiger partial charge < -0.3 is 5.32 Å². The Morgan fingerprint density at radius 1 is 1.05 bits per heavy atom. The lowest BCUT2D eigenvalue weighted by Crippen LogP contribution is -2.23. The van der Waals surface area contributed by atoms with Crippen molar-refractivity contribution in [2.75, 3.05) is 5.32 Å². The third kappa shape index (κ3) is 1.74. The van der Waals surface area contributed by atoms with Crippen LogP contribution in [0.4, 0.5) is 5.69 Å². The summed E-state index contributed by atoms with van der Waals surface area (Å²) in [7, 11) is 0. The minimum Gasteiger partial charge on any atom is -0.326 e. The first kappa shape index (κ1) is 11.7. The van der Waals surface area contributed by atoms with Crippen LogP contribution in [0.3, 0.4) is 0 Å². The minimum absolute atomic E-state index is 0.103. The minimum atomic E-state index is 0.103. The highest BCUT2D eigenvalue weighted by atomic mass is 32.1. The lowest BCUT2D eigenvalue weighted by molar-refractivity contribution is -0.116. The summed E-state index contributed by atoms with van der Waals surface area (Å²) in [6.07, 6.45) is 0.529. The first-order valence-corrected chi connectivity index (χ1v) is 7.56. The monoisotopic (exact) mass is 279 g/mol. The van der Waals surface area contributed by atoms with Crippen LogP contribution in [0.25, 0.3) is 10.8 Å². The molecule has 4 rings (SSSR count). The van der Waals surface area contributed by atoms with Gasteiger partial charge in [0.2, 0.25) is 5.91 Å². The van der Waals surface area contributed by atoms with Gasteiger partial charge in [0.05, 0.1) is 0 Å². The van der Waals surface area contributed by atoms with E-state index in [1.165, 1.54) is 21.2 Å². The van der Waals surface area contributed by atoms with E-state index in [0.717, 1.165) is 5.69 Å². The highest BCUT2D eigenvalue weighted by Crippen LogP contribution is 2.42. The number of amides is 1. The number of fused-ring (bicyclic) bond motifs is 3. The lowest BCUT2D eigenvalue weighted by Gasteiger charge is -2.26. The Bertz CT molecular complexity index is 792. The van der Waals surface area contributed by atoms with Crippen molar-refractivity contribution in [2.45, 2.75) is 12.3 Å². The van der Waals surface area contributed by atoms with Crippen molar-refractivity contribution >= 4 is 33.7 Å². The zero-order chi connectivity index (χ0) is 13.5. The number of rotatable bonds is 1. The Morgan fingerprint density at radius 2 is 1.95 bits per heavy atom. The fourth-order valence-corrected chi connectivity index (χ4v) is 3.84. The molecule has 2 nitrogen and oxygen atoms in total. The molecule has 0 aliphatic carbocycles. The van der Waals surface area contributed by atoms with Crippen LogP contribution in [0.1, 0.15) is 22.8 Å². The molecule has 98 valence electrons. The Kier molecular flexibility index (Phi) is 2.60. The van der Waals surface area contributed by atoms with Gasteiger partial charge in [-0.1, -0.05) is 36.4 Å². The van der Waals surface area contributed by atoms with E-state index in [-0.39, 0.29) is 11.8 Å². The molecular formula is C17H13NOS. The summed E-state index contributed by atoms with van der Waals surface area (Å²) in [4.78, 5) is 13.2. The summed E-state index contributed by atoms with van der Waals surface area (Å²) >= 11 is 1.72. The molecular weight excluding hydrogens is 266 g/mol. The molecule has 1 aliphatic rings. The summed E-state index contributed by atoms with van der Waals surface area (Å²) in [5.74, 6) is 0.274. The summed E-state index contributed by atoms with van der Waals surface area (Å²) in [6.45, 7) is 0. The van der Waals surface area contributed by atoms with Crippen LogP contribution in [0.2, 0.25) is 0 Å². The molecule has 3 heteroatoms. The molecule has 0 unspecified atom stereocenters. The smallest absolute Gasteiger partial charge is 0.225 e. The maximum absolute atomic E-state index is 12.0. The number of thiophene rings is 1.